The molecule has 0 aromatic heterocycles. The second-order valence-electron chi connectivity index (χ2n) is 4.52. The molecule has 1 aliphatic rings. The Balaban J connectivity index is 2.24. The van der Waals surface area contributed by atoms with Crippen LogP contribution in [0.15, 0.2) is 16.8 Å². The fraction of sp³-hybridized carbons (Fsp3) is 0.769. The molecule has 0 spiro atoms. The maximum atomic E-state index is 5.47. The van der Waals surface area contributed by atoms with E-state index in [4.69, 9.17) is 5.73 Å². The van der Waals surface area contributed by atoms with Crippen molar-refractivity contribution in [1.29, 1.82) is 0 Å². The molecule has 3 nitrogen and oxygen atoms in total. The van der Waals surface area contributed by atoms with Gasteiger partial charge in [-0.15, -0.1) is 0 Å². The summed E-state index contributed by atoms with van der Waals surface area (Å²) in [6.45, 7) is 7.61. The van der Waals surface area contributed by atoms with Gasteiger partial charge in [0.1, 0.15) is 0 Å². The summed E-state index contributed by atoms with van der Waals surface area (Å²) in [6, 6.07) is 0. The van der Waals surface area contributed by atoms with Crippen molar-refractivity contribution in [2.24, 2.45) is 16.6 Å². The number of likely N-dealkylation sites (tertiary alicyclic amines) is 1. The van der Waals surface area contributed by atoms with Gasteiger partial charge in [-0.3, -0.25) is 9.89 Å². The third-order valence-electron chi connectivity index (χ3n) is 3.45. The zero-order chi connectivity index (χ0) is 11.8. The van der Waals surface area contributed by atoms with Crippen LogP contribution in [0, 0.1) is 5.92 Å². The molecule has 1 saturated heterocycles. The molecule has 1 fully saturated rings. The lowest BCUT2D eigenvalue weighted by Gasteiger charge is -2.30. The molecule has 3 heteroatoms. The summed E-state index contributed by atoms with van der Waals surface area (Å²) in [5.41, 5.74) is 6.59. The third-order valence-corrected chi connectivity index (χ3v) is 3.45. The van der Waals surface area contributed by atoms with Crippen molar-refractivity contribution >= 4 is 6.21 Å². The number of hydrogen-bond donors (Lipinski definition) is 1. The van der Waals surface area contributed by atoms with Crippen LogP contribution >= 0.6 is 0 Å². The summed E-state index contributed by atoms with van der Waals surface area (Å²) in [5, 5.41) is 0. The van der Waals surface area contributed by atoms with Crippen LogP contribution in [0.5, 0.6) is 0 Å². The first-order valence-electron chi connectivity index (χ1n) is 6.43. The lowest BCUT2D eigenvalue weighted by atomic mass is 9.95. The maximum absolute atomic E-state index is 5.47. The van der Waals surface area contributed by atoms with E-state index in [1.807, 2.05) is 6.21 Å². The number of piperidine rings is 1. The normalized spacial score (nSPS) is 20.8. The van der Waals surface area contributed by atoms with Crippen molar-refractivity contribution in [3.05, 3.63) is 11.8 Å². The molecule has 1 aliphatic heterocycles. The van der Waals surface area contributed by atoms with Gasteiger partial charge in [-0.1, -0.05) is 20.3 Å². The smallest absolute Gasteiger partial charge is 0.0909 e. The Hall–Kier alpha value is -0.830. The topological polar surface area (TPSA) is 41.6 Å². The van der Waals surface area contributed by atoms with Crippen LogP contribution in [0.1, 0.15) is 39.5 Å². The average Bonchev–Trinajstić information content (AvgIpc) is 2.35. The van der Waals surface area contributed by atoms with E-state index in [0.717, 1.165) is 24.6 Å². The summed E-state index contributed by atoms with van der Waals surface area (Å²) >= 11 is 0. The molecule has 0 atom stereocenters. The first-order valence-corrected chi connectivity index (χ1v) is 6.43. The first-order chi connectivity index (χ1) is 7.80. The van der Waals surface area contributed by atoms with E-state index in [1.54, 1.807) is 6.20 Å². The Morgan fingerprint density at radius 3 is 2.56 bits per heavy atom. The summed E-state index contributed by atoms with van der Waals surface area (Å²) in [5.74, 6) is 0.940. The minimum Gasteiger partial charge on any atom is -0.404 e. The minimum absolute atomic E-state index is 0.827. The molecule has 0 bridgehead atoms. The van der Waals surface area contributed by atoms with Crippen molar-refractivity contribution in [3.63, 3.8) is 0 Å². The van der Waals surface area contributed by atoms with Crippen LogP contribution in [-0.2, 0) is 0 Å². The second-order valence-corrected chi connectivity index (χ2v) is 4.52. The van der Waals surface area contributed by atoms with Gasteiger partial charge in [0.2, 0.25) is 0 Å². The highest BCUT2D eigenvalue weighted by Gasteiger charge is 2.16. The Kier molecular flexibility index (Phi) is 6.16. The van der Waals surface area contributed by atoms with Gasteiger partial charge in [-0.25, -0.2) is 0 Å². The molecule has 1 heterocycles. The highest BCUT2D eigenvalue weighted by atomic mass is 15.2. The molecule has 16 heavy (non-hydrogen) atoms. The zero-order valence-corrected chi connectivity index (χ0v) is 10.7. The highest BCUT2D eigenvalue weighted by molar-refractivity contribution is 5.78. The van der Waals surface area contributed by atoms with E-state index in [1.165, 1.54) is 32.4 Å². The second kappa shape index (κ2) is 7.44. The van der Waals surface area contributed by atoms with Crippen LogP contribution in [0.25, 0.3) is 0 Å². The van der Waals surface area contributed by atoms with E-state index >= 15 is 0 Å². The van der Waals surface area contributed by atoms with E-state index in [2.05, 4.69) is 23.7 Å². The Morgan fingerprint density at radius 1 is 1.38 bits per heavy atom. The predicted molar refractivity (Wildman–Crippen MR) is 70.5 cm³/mol. The Bertz CT molecular complexity index is 238. The molecule has 0 aliphatic carbocycles. The van der Waals surface area contributed by atoms with E-state index in [0.29, 0.717) is 0 Å². The summed E-state index contributed by atoms with van der Waals surface area (Å²) in [4.78, 5) is 6.86. The van der Waals surface area contributed by atoms with Crippen LogP contribution in [0.4, 0.5) is 0 Å². The largest absolute Gasteiger partial charge is 0.404 e. The molecule has 0 saturated carbocycles. The van der Waals surface area contributed by atoms with E-state index in [9.17, 15) is 0 Å². The first kappa shape index (κ1) is 13.2. The zero-order valence-electron chi connectivity index (χ0n) is 10.7. The van der Waals surface area contributed by atoms with Gasteiger partial charge in [-0.05, 0) is 37.0 Å². The standard InChI is InChI=1S/C13H25N3/c1-3-12-5-7-16(8-6-12)11-15-10-13(4-2)9-14/h9-10,12H,3-8,11,14H2,1-2H3/b13-9-,15-10?. The van der Waals surface area contributed by atoms with Crippen molar-refractivity contribution in [2.45, 2.75) is 39.5 Å². The predicted octanol–water partition coefficient (Wildman–Crippen LogP) is 2.39. The average molecular weight is 223 g/mol. The van der Waals surface area contributed by atoms with Gasteiger partial charge >= 0.3 is 0 Å². The van der Waals surface area contributed by atoms with Gasteiger partial charge in [0, 0.05) is 19.3 Å². The Morgan fingerprint density at radius 2 is 2.06 bits per heavy atom. The number of nitrogens with two attached hydrogens (primary N) is 1. The van der Waals surface area contributed by atoms with Gasteiger partial charge in [0.25, 0.3) is 0 Å². The minimum atomic E-state index is 0.827. The number of hydrogen-bond acceptors (Lipinski definition) is 3. The molecule has 0 radical (unpaired) electrons. The monoisotopic (exact) mass is 223 g/mol. The lowest BCUT2D eigenvalue weighted by molar-refractivity contribution is 0.187. The highest BCUT2D eigenvalue weighted by Crippen LogP contribution is 2.19. The van der Waals surface area contributed by atoms with Crippen molar-refractivity contribution < 1.29 is 0 Å². The SMILES string of the molecule is CC/C(C=NCN1CCC(CC)CC1)=C/N. The number of allylic oxidation sites excluding steroid dienone is 1. The third kappa shape index (κ3) is 4.35. The van der Waals surface area contributed by atoms with Crippen LogP contribution in [-0.4, -0.2) is 30.9 Å². The fourth-order valence-electron chi connectivity index (χ4n) is 2.06. The van der Waals surface area contributed by atoms with Crippen molar-refractivity contribution in [1.82, 2.24) is 4.90 Å². The summed E-state index contributed by atoms with van der Waals surface area (Å²) < 4.78 is 0. The number of aliphatic imine (C=N–C) groups is 1. The van der Waals surface area contributed by atoms with Crippen LogP contribution < -0.4 is 5.73 Å². The van der Waals surface area contributed by atoms with Crippen molar-refractivity contribution in [2.75, 3.05) is 19.8 Å². The van der Waals surface area contributed by atoms with Crippen LogP contribution in [0.3, 0.4) is 0 Å². The molecular weight excluding hydrogens is 198 g/mol. The quantitative estimate of drug-likeness (QED) is 0.727. The molecule has 0 amide bonds. The maximum Gasteiger partial charge on any atom is 0.0909 e. The lowest BCUT2D eigenvalue weighted by Crippen LogP contribution is -2.33. The number of rotatable bonds is 5. The van der Waals surface area contributed by atoms with Gasteiger partial charge in [0.05, 0.1) is 6.67 Å². The van der Waals surface area contributed by atoms with Gasteiger partial charge < -0.3 is 5.73 Å². The molecule has 92 valence electrons. The molecule has 1 rings (SSSR count). The molecular formula is C13H25N3. The Labute approximate surface area is 99.4 Å². The summed E-state index contributed by atoms with van der Waals surface area (Å²) in [7, 11) is 0. The summed E-state index contributed by atoms with van der Waals surface area (Å²) in [6.07, 6.45) is 8.50. The van der Waals surface area contributed by atoms with Crippen LogP contribution in [0.2, 0.25) is 0 Å². The fourth-order valence-corrected chi connectivity index (χ4v) is 2.06. The van der Waals surface area contributed by atoms with Gasteiger partial charge in [-0.2, -0.15) is 0 Å². The molecule has 2 N–H and O–H groups in total. The molecule has 0 aromatic rings. The molecule has 0 aromatic carbocycles. The van der Waals surface area contributed by atoms with E-state index < -0.39 is 0 Å². The molecule has 0 unspecified atom stereocenters. The van der Waals surface area contributed by atoms with E-state index in [-0.39, 0.29) is 0 Å². The number of nitrogens with zero attached hydrogens (tertiary/aromatic N) is 2. The van der Waals surface area contributed by atoms with Crippen molar-refractivity contribution in [3.8, 4) is 0 Å². The van der Waals surface area contributed by atoms with Gasteiger partial charge in [0.15, 0.2) is 0 Å².